The van der Waals surface area contributed by atoms with Gasteiger partial charge in [0.25, 0.3) is 0 Å². The van der Waals surface area contributed by atoms with Crippen LogP contribution in [0.2, 0.25) is 0 Å². The van der Waals surface area contributed by atoms with Crippen LogP contribution in [0.1, 0.15) is 2.85 Å². The predicted molar refractivity (Wildman–Crippen MR) is 29.7 cm³/mol. The van der Waals surface area contributed by atoms with E-state index >= 15 is 0 Å². The molecule has 0 unspecified atom stereocenters. The third-order valence-electron chi connectivity index (χ3n) is 0. The van der Waals surface area contributed by atoms with Crippen molar-refractivity contribution >= 4 is 23.1 Å². The Labute approximate surface area is 121 Å². The van der Waals surface area contributed by atoms with Crippen molar-refractivity contribution in [2.24, 2.45) is 0 Å². The van der Waals surface area contributed by atoms with E-state index in [9.17, 15) is 0 Å². The minimum absolute atomic E-state index is 0. The zero-order valence-corrected chi connectivity index (χ0v) is 10.4. The van der Waals surface area contributed by atoms with Crippen LogP contribution in [0.4, 0.5) is 0 Å². The average Bonchev–Trinajstić information content (AvgIpc) is 0. The topological polar surface area (TPSA) is 189 Å². The van der Waals surface area contributed by atoms with E-state index in [-0.39, 0.29) is 123 Å². The van der Waals surface area contributed by atoms with Gasteiger partial charge in [0.05, 0.1) is 0 Å². The summed E-state index contributed by atoms with van der Waals surface area (Å²) in [7, 11) is 0. The number of hydrogen-bond donors (Lipinski definition) is 0. The maximum atomic E-state index is 0. The molecule has 60 valence electrons. The third-order valence-corrected chi connectivity index (χ3v) is 0. The van der Waals surface area contributed by atoms with Gasteiger partial charge in [-0.2, -0.15) is 0 Å². The van der Waals surface area contributed by atoms with Gasteiger partial charge >= 0.3 is 74.4 Å². The van der Waals surface area contributed by atoms with E-state index in [1.807, 2.05) is 0 Å². The van der Waals surface area contributed by atoms with Crippen LogP contribution in [0.25, 0.3) is 0 Å². The minimum atomic E-state index is 0. The maximum Gasteiger partial charge on any atom is 2.00 e. The summed E-state index contributed by atoms with van der Waals surface area (Å²) in [6.07, 6.45) is 0. The summed E-state index contributed by atoms with van der Waals surface area (Å²) < 4.78 is 0. The Bertz CT molecular complexity index is 20.5. The van der Waals surface area contributed by atoms with Gasteiger partial charge < -0.3 is 48.1 Å². The molecule has 12 N–H and O–H groups in total. The summed E-state index contributed by atoms with van der Waals surface area (Å²) in [6.45, 7) is 0. The molecule has 0 aliphatic heterocycles. The number of rotatable bonds is 0. The molecule has 0 bridgehead atoms. The van der Waals surface area contributed by atoms with Gasteiger partial charge in [-0.1, -0.05) is 0 Å². The Morgan fingerprint density at radius 2 is 0.556 bits per heavy atom. The zero-order valence-electron chi connectivity index (χ0n) is 7.09. The standard InChI is InChI=1S/ClH.K.Mg.6H2O.2H/h1H;;;6*1H2;;/q;+1;+2;;;;;;;2*-1/p-1. The Morgan fingerprint density at radius 3 is 0.556 bits per heavy atom. The Hall–Kier alpha value is 2.45. The second kappa shape index (κ2) is 155. The second-order valence-corrected chi connectivity index (χ2v) is 0. The fourth-order valence-electron chi connectivity index (χ4n) is 0. The van der Waals surface area contributed by atoms with Gasteiger partial charge in [0.15, 0.2) is 0 Å². The van der Waals surface area contributed by atoms with E-state index in [0.717, 1.165) is 0 Å². The van der Waals surface area contributed by atoms with Crippen LogP contribution < -0.4 is 63.8 Å². The molecule has 0 saturated heterocycles. The fraction of sp³-hybridized carbons (Fsp3) is 0. The van der Waals surface area contributed by atoms with Gasteiger partial charge in [0, 0.05) is 0 Å². The SMILES string of the molecule is O.O.O.O.O.O.[Cl-].[H-].[H-].[K+].[Mg+2]. The first-order valence-corrected chi connectivity index (χ1v) is 0. The Kier molecular flexibility index (Phi) is 3590. The largest absolute Gasteiger partial charge is 2.00 e. The molecule has 9 heavy (non-hydrogen) atoms. The maximum absolute atomic E-state index is 0. The van der Waals surface area contributed by atoms with Crippen molar-refractivity contribution < 1.29 is 99.5 Å². The normalized spacial score (nSPS) is 0. The molecule has 0 fully saturated rings. The summed E-state index contributed by atoms with van der Waals surface area (Å²) >= 11 is 0. The first-order valence-electron chi connectivity index (χ1n) is 0. The van der Waals surface area contributed by atoms with E-state index in [1.54, 1.807) is 0 Å². The molecule has 0 aromatic carbocycles. The van der Waals surface area contributed by atoms with Crippen LogP contribution in [-0.2, 0) is 0 Å². The van der Waals surface area contributed by atoms with Crippen molar-refractivity contribution in [2.75, 3.05) is 0 Å². The van der Waals surface area contributed by atoms with E-state index in [2.05, 4.69) is 0 Å². The molecule has 0 heterocycles. The predicted octanol–water partition coefficient (Wildman–Crippen LogP) is -11.1. The van der Waals surface area contributed by atoms with Gasteiger partial charge in [0.1, 0.15) is 0 Å². The van der Waals surface area contributed by atoms with Crippen LogP contribution >= 0.6 is 0 Å². The number of hydrogen-bond acceptors (Lipinski definition) is 0. The summed E-state index contributed by atoms with van der Waals surface area (Å²) in [6, 6.07) is 0. The summed E-state index contributed by atoms with van der Waals surface area (Å²) in [5, 5.41) is 0. The van der Waals surface area contributed by atoms with E-state index < -0.39 is 0 Å². The molecular formula is H14ClKMgO6. The summed E-state index contributed by atoms with van der Waals surface area (Å²) in [4.78, 5) is 0. The quantitative estimate of drug-likeness (QED) is 0.342. The molecule has 0 saturated carbocycles. The van der Waals surface area contributed by atoms with Crippen LogP contribution in [0.15, 0.2) is 0 Å². The first-order chi connectivity index (χ1) is 0. The molecule has 6 nitrogen and oxygen atoms in total. The van der Waals surface area contributed by atoms with Crippen molar-refractivity contribution in [3.63, 3.8) is 0 Å². The molecule has 0 spiro atoms. The third kappa shape index (κ3) is 124. The van der Waals surface area contributed by atoms with Crippen molar-refractivity contribution in [3.8, 4) is 0 Å². The van der Waals surface area contributed by atoms with Crippen molar-refractivity contribution in [2.45, 2.75) is 0 Å². The second-order valence-electron chi connectivity index (χ2n) is 0. The molecule has 0 amide bonds. The molecular weight excluding hydrogens is 195 g/mol. The molecule has 0 aliphatic rings. The summed E-state index contributed by atoms with van der Waals surface area (Å²) in [5.74, 6) is 0. The molecule has 9 heteroatoms. The fourth-order valence-corrected chi connectivity index (χ4v) is 0. The van der Waals surface area contributed by atoms with Gasteiger partial charge in [0.2, 0.25) is 0 Å². The molecule has 0 aliphatic carbocycles. The Morgan fingerprint density at radius 1 is 0.556 bits per heavy atom. The van der Waals surface area contributed by atoms with Crippen LogP contribution in [0, 0.1) is 0 Å². The molecule has 0 aromatic heterocycles. The minimum Gasteiger partial charge on any atom is -1.00 e. The zero-order chi connectivity index (χ0) is 0. The van der Waals surface area contributed by atoms with E-state index in [4.69, 9.17) is 0 Å². The molecule has 0 atom stereocenters. The van der Waals surface area contributed by atoms with Gasteiger partial charge in [-0.15, -0.1) is 0 Å². The van der Waals surface area contributed by atoms with Gasteiger partial charge in [-0.3, -0.25) is 0 Å². The van der Waals surface area contributed by atoms with Crippen molar-refractivity contribution in [1.82, 2.24) is 0 Å². The first kappa shape index (κ1) is 208. The van der Waals surface area contributed by atoms with Gasteiger partial charge in [-0.05, 0) is 0 Å². The molecule has 0 aromatic rings. The van der Waals surface area contributed by atoms with Gasteiger partial charge in [-0.25, -0.2) is 0 Å². The molecule has 0 radical (unpaired) electrons. The van der Waals surface area contributed by atoms with E-state index in [0.29, 0.717) is 0 Å². The van der Waals surface area contributed by atoms with Crippen molar-refractivity contribution in [1.29, 1.82) is 0 Å². The van der Waals surface area contributed by atoms with E-state index in [1.165, 1.54) is 0 Å². The smallest absolute Gasteiger partial charge is 1.00 e. The monoisotopic (exact) mass is 208 g/mol. The van der Waals surface area contributed by atoms with Crippen LogP contribution in [0.5, 0.6) is 0 Å². The molecule has 0 rings (SSSR count). The number of halogens is 1. The average molecular weight is 209 g/mol. The van der Waals surface area contributed by atoms with Crippen molar-refractivity contribution in [3.05, 3.63) is 0 Å². The summed E-state index contributed by atoms with van der Waals surface area (Å²) in [5.41, 5.74) is 0. The Balaban J connectivity index is 0. The van der Waals surface area contributed by atoms with Crippen LogP contribution in [-0.4, -0.2) is 55.9 Å². The van der Waals surface area contributed by atoms with Crippen LogP contribution in [0.3, 0.4) is 0 Å².